The Bertz CT molecular complexity index is 902. The molecule has 0 spiro atoms. The maximum absolute atomic E-state index is 13.9. The Hall–Kier alpha value is -2.78. The third kappa shape index (κ3) is 4.37. The van der Waals surface area contributed by atoms with Gasteiger partial charge in [-0.25, -0.2) is 13.2 Å². The van der Waals surface area contributed by atoms with Crippen LogP contribution in [0, 0.1) is 29.3 Å². The zero-order valence-electron chi connectivity index (χ0n) is 15.4. The van der Waals surface area contributed by atoms with E-state index in [1.165, 1.54) is 18.2 Å². The fourth-order valence-corrected chi connectivity index (χ4v) is 3.40. The molecular formula is C22H20F3NO2. The predicted molar refractivity (Wildman–Crippen MR) is 98.6 cm³/mol. The Morgan fingerprint density at radius 1 is 1.07 bits per heavy atom. The van der Waals surface area contributed by atoms with E-state index in [1.54, 1.807) is 24.0 Å². The van der Waals surface area contributed by atoms with Crippen LogP contribution in [0.2, 0.25) is 0 Å². The van der Waals surface area contributed by atoms with E-state index in [4.69, 9.17) is 4.74 Å². The Labute approximate surface area is 162 Å². The van der Waals surface area contributed by atoms with Gasteiger partial charge in [-0.2, -0.15) is 0 Å². The average Bonchev–Trinajstić information content (AvgIpc) is 3.10. The van der Waals surface area contributed by atoms with Gasteiger partial charge in [-0.3, -0.25) is 4.79 Å². The lowest BCUT2D eigenvalue weighted by Crippen LogP contribution is -2.35. The monoisotopic (exact) mass is 387 g/mol. The summed E-state index contributed by atoms with van der Waals surface area (Å²) in [5.41, 5.74) is 1.03. The van der Waals surface area contributed by atoms with Gasteiger partial charge in [-0.15, -0.1) is 5.92 Å². The molecule has 146 valence electrons. The van der Waals surface area contributed by atoms with Gasteiger partial charge in [0.05, 0.1) is 6.04 Å². The van der Waals surface area contributed by atoms with E-state index >= 15 is 0 Å². The van der Waals surface area contributed by atoms with E-state index in [1.807, 2.05) is 0 Å². The summed E-state index contributed by atoms with van der Waals surface area (Å²) in [4.78, 5) is 14.1. The van der Waals surface area contributed by atoms with Gasteiger partial charge in [0.2, 0.25) is 5.91 Å². The van der Waals surface area contributed by atoms with Crippen LogP contribution in [0.1, 0.15) is 43.0 Å². The standard InChI is InChI=1S/C22H20F3NO2/c1-2-3-13-28-22(16-8-11-18(24)19(25)14-16)21(26-12-4-5-20(26)27)15-6-9-17(23)10-7-15/h6-11,14,21-22H,4-5,12-13H2,1H3/t21-,22+/m0/s1. The third-order valence-corrected chi connectivity index (χ3v) is 4.73. The fourth-order valence-electron chi connectivity index (χ4n) is 3.40. The maximum Gasteiger partial charge on any atom is 0.223 e. The molecule has 6 heteroatoms. The smallest absolute Gasteiger partial charge is 0.223 e. The van der Waals surface area contributed by atoms with Gasteiger partial charge in [0.25, 0.3) is 0 Å². The number of hydrogen-bond donors (Lipinski definition) is 0. The SMILES string of the molecule is CC#CCO[C@H](c1ccc(F)c(F)c1)[C@H](c1ccc(F)cc1)N1CCCC1=O. The number of amides is 1. The molecule has 1 aliphatic rings. The van der Waals surface area contributed by atoms with Crippen molar-refractivity contribution >= 4 is 5.91 Å². The maximum atomic E-state index is 13.9. The molecule has 1 heterocycles. The van der Waals surface area contributed by atoms with Crippen molar-refractivity contribution in [2.24, 2.45) is 0 Å². The minimum atomic E-state index is -1.00. The Morgan fingerprint density at radius 2 is 1.79 bits per heavy atom. The van der Waals surface area contributed by atoms with E-state index in [2.05, 4.69) is 11.8 Å². The number of rotatable bonds is 6. The molecule has 3 nitrogen and oxygen atoms in total. The fraction of sp³-hybridized carbons (Fsp3) is 0.318. The summed E-state index contributed by atoms with van der Waals surface area (Å²) < 4.78 is 46.7. The van der Waals surface area contributed by atoms with E-state index < -0.39 is 29.6 Å². The molecule has 0 radical (unpaired) electrons. The van der Waals surface area contributed by atoms with E-state index in [9.17, 15) is 18.0 Å². The molecule has 0 aliphatic carbocycles. The second-order valence-corrected chi connectivity index (χ2v) is 6.52. The first-order chi connectivity index (χ1) is 13.5. The number of likely N-dealkylation sites (tertiary alicyclic amines) is 1. The van der Waals surface area contributed by atoms with Crippen molar-refractivity contribution in [3.05, 3.63) is 71.0 Å². The Morgan fingerprint density at radius 3 is 2.39 bits per heavy atom. The molecule has 0 unspecified atom stereocenters. The van der Waals surface area contributed by atoms with Gasteiger partial charge in [0.15, 0.2) is 11.6 Å². The van der Waals surface area contributed by atoms with Crippen LogP contribution in [0.25, 0.3) is 0 Å². The summed E-state index contributed by atoms with van der Waals surface area (Å²) >= 11 is 0. The lowest BCUT2D eigenvalue weighted by molar-refractivity contribution is -0.133. The van der Waals surface area contributed by atoms with Gasteiger partial charge < -0.3 is 9.64 Å². The molecule has 1 amide bonds. The zero-order chi connectivity index (χ0) is 20.1. The molecule has 1 aliphatic heterocycles. The Kier molecular flexibility index (Phi) is 6.37. The third-order valence-electron chi connectivity index (χ3n) is 4.73. The molecule has 1 fully saturated rings. The van der Waals surface area contributed by atoms with Crippen LogP contribution in [0.15, 0.2) is 42.5 Å². The molecule has 2 aromatic rings. The van der Waals surface area contributed by atoms with Crippen molar-refractivity contribution in [3.63, 3.8) is 0 Å². The summed E-state index contributed by atoms with van der Waals surface area (Å²) in [5, 5.41) is 0. The average molecular weight is 387 g/mol. The summed E-state index contributed by atoms with van der Waals surface area (Å²) in [5.74, 6) is 3.07. The lowest BCUT2D eigenvalue weighted by Gasteiger charge is -2.35. The van der Waals surface area contributed by atoms with E-state index in [-0.39, 0.29) is 12.5 Å². The van der Waals surface area contributed by atoms with Gasteiger partial charge >= 0.3 is 0 Å². The van der Waals surface area contributed by atoms with Crippen LogP contribution in [0.5, 0.6) is 0 Å². The van der Waals surface area contributed by atoms with Crippen LogP contribution in [0.4, 0.5) is 13.2 Å². The molecule has 28 heavy (non-hydrogen) atoms. The predicted octanol–water partition coefficient (Wildman–Crippen LogP) is 4.55. The van der Waals surface area contributed by atoms with Crippen molar-refractivity contribution in [3.8, 4) is 11.8 Å². The van der Waals surface area contributed by atoms with E-state index in [0.717, 1.165) is 12.1 Å². The summed E-state index contributed by atoms with van der Waals surface area (Å²) in [6.07, 6.45) is 0.302. The quantitative estimate of drug-likeness (QED) is 0.681. The minimum Gasteiger partial charge on any atom is -0.358 e. The first kappa shape index (κ1) is 20.0. The van der Waals surface area contributed by atoms with Gasteiger partial charge in [-0.05, 0) is 48.7 Å². The number of hydrogen-bond acceptors (Lipinski definition) is 2. The number of nitrogens with zero attached hydrogens (tertiary/aromatic N) is 1. The summed E-state index contributed by atoms with van der Waals surface area (Å²) in [7, 11) is 0. The van der Waals surface area contributed by atoms with Crippen molar-refractivity contribution in [2.75, 3.05) is 13.2 Å². The van der Waals surface area contributed by atoms with Crippen LogP contribution < -0.4 is 0 Å². The molecule has 2 aromatic carbocycles. The first-order valence-corrected chi connectivity index (χ1v) is 9.02. The van der Waals surface area contributed by atoms with Crippen molar-refractivity contribution in [1.29, 1.82) is 0 Å². The van der Waals surface area contributed by atoms with Gasteiger partial charge in [0, 0.05) is 13.0 Å². The van der Waals surface area contributed by atoms with Crippen molar-refractivity contribution < 1.29 is 22.7 Å². The van der Waals surface area contributed by atoms with Gasteiger partial charge in [0.1, 0.15) is 18.5 Å². The van der Waals surface area contributed by atoms with Crippen LogP contribution in [-0.4, -0.2) is 24.0 Å². The number of ether oxygens (including phenoxy) is 1. The summed E-state index contributed by atoms with van der Waals surface area (Å²) in [6.45, 7) is 2.22. The van der Waals surface area contributed by atoms with Crippen molar-refractivity contribution in [2.45, 2.75) is 31.9 Å². The molecule has 3 rings (SSSR count). The highest BCUT2D eigenvalue weighted by atomic mass is 19.2. The number of carbonyl (C=O) groups excluding carboxylic acids is 1. The molecule has 0 N–H and O–H groups in total. The Balaban J connectivity index is 2.08. The molecular weight excluding hydrogens is 367 g/mol. The molecule has 2 atom stereocenters. The van der Waals surface area contributed by atoms with Crippen LogP contribution in [-0.2, 0) is 9.53 Å². The number of benzene rings is 2. The minimum absolute atomic E-state index is 0.0554. The molecule has 1 saturated heterocycles. The first-order valence-electron chi connectivity index (χ1n) is 9.02. The second-order valence-electron chi connectivity index (χ2n) is 6.52. The number of halogens is 3. The lowest BCUT2D eigenvalue weighted by atomic mass is 9.94. The largest absolute Gasteiger partial charge is 0.358 e. The molecule has 0 aromatic heterocycles. The highest BCUT2D eigenvalue weighted by Gasteiger charge is 2.36. The highest BCUT2D eigenvalue weighted by molar-refractivity contribution is 5.78. The van der Waals surface area contributed by atoms with E-state index in [0.29, 0.717) is 30.5 Å². The zero-order valence-corrected chi connectivity index (χ0v) is 15.4. The molecule has 0 bridgehead atoms. The molecule has 0 saturated carbocycles. The summed E-state index contributed by atoms with van der Waals surface area (Å²) in [6, 6.07) is 8.67. The second kappa shape index (κ2) is 8.94. The van der Waals surface area contributed by atoms with Gasteiger partial charge in [-0.1, -0.05) is 24.1 Å². The van der Waals surface area contributed by atoms with Crippen LogP contribution in [0.3, 0.4) is 0 Å². The highest BCUT2D eigenvalue weighted by Crippen LogP contribution is 2.39. The normalized spacial score (nSPS) is 15.9. The van der Waals surface area contributed by atoms with Crippen molar-refractivity contribution in [1.82, 2.24) is 4.90 Å². The van der Waals surface area contributed by atoms with Crippen LogP contribution >= 0.6 is 0 Å². The number of carbonyl (C=O) groups is 1. The topological polar surface area (TPSA) is 29.5 Å².